The van der Waals surface area contributed by atoms with Gasteiger partial charge in [-0.05, 0) is 51.1 Å². The molecule has 3 aromatic carbocycles. The number of aromatic nitrogens is 2. The Morgan fingerprint density at radius 3 is 2.69 bits per heavy atom. The van der Waals surface area contributed by atoms with Crippen LogP contribution in [0.1, 0.15) is 47.5 Å². The third-order valence-electron chi connectivity index (χ3n) is 9.07. The summed E-state index contributed by atoms with van der Waals surface area (Å²) in [5.41, 5.74) is 7.11. The standard InChI is InChI=1S/C30H29N3O3/c1-15-9-11-21-18(13-15)24-17-10-12-22(34)25(17)26-16-7-5-6-8-20(16)32-23-14-19(31-3)29(35-4)30(2,36-23)33(21)28(24)27(26)32/h5-9,11,13,19,23,29,31H,10,12,14H2,1-4H3/t19-,23-,29-,30+/m1/s1. The van der Waals surface area contributed by atoms with E-state index in [4.69, 9.17) is 9.47 Å². The molecular formula is C30H29N3O3. The molecule has 3 aliphatic rings. The molecule has 5 aromatic rings. The van der Waals surface area contributed by atoms with Gasteiger partial charge < -0.3 is 23.9 Å². The van der Waals surface area contributed by atoms with Crippen LogP contribution in [-0.4, -0.2) is 41.2 Å². The highest BCUT2D eigenvalue weighted by molar-refractivity contribution is 6.31. The Bertz CT molecular complexity index is 1790. The van der Waals surface area contributed by atoms with Crippen molar-refractivity contribution in [3.05, 3.63) is 59.2 Å². The van der Waals surface area contributed by atoms with E-state index in [1.54, 1.807) is 7.11 Å². The SMILES string of the molecule is CN[C@@H]1C[C@H]2O[C@@](C)([C@@H]1OC)n1c3ccc(C)cc3c3c4c(c5c6ccccc6n2c5c31)C(=O)CC4. The first-order valence-electron chi connectivity index (χ1n) is 12.9. The molecule has 6 heteroatoms. The quantitative estimate of drug-likeness (QED) is 0.361. The Labute approximate surface area is 208 Å². The van der Waals surface area contributed by atoms with Crippen molar-refractivity contribution in [2.75, 3.05) is 14.2 Å². The van der Waals surface area contributed by atoms with Gasteiger partial charge in [-0.1, -0.05) is 29.8 Å². The second-order valence-corrected chi connectivity index (χ2v) is 10.9. The summed E-state index contributed by atoms with van der Waals surface area (Å²) in [6.45, 7) is 4.31. The minimum absolute atomic E-state index is 0.0932. The average Bonchev–Trinajstić information content (AvgIpc) is 3.51. The van der Waals surface area contributed by atoms with E-state index in [9.17, 15) is 4.79 Å². The maximum Gasteiger partial charge on any atom is 0.173 e. The van der Waals surface area contributed by atoms with Gasteiger partial charge in [-0.25, -0.2) is 0 Å². The summed E-state index contributed by atoms with van der Waals surface area (Å²) < 4.78 is 18.1. The van der Waals surface area contributed by atoms with Gasteiger partial charge in [0.1, 0.15) is 12.3 Å². The molecule has 1 N–H and O–H groups in total. The number of hydrogen-bond donors (Lipinski definition) is 1. The molecule has 4 heterocycles. The highest BCUT2D eigenvalue weighted by Crippen LogP contribution is 2.54. The number of ketones is 1. The number of para-hydroxylation sites is 1. The van der Waals surface area contributed by atoms with Gasteiger partial charge in [0.2, 0.25) is 0 Å². The fourth-order valence-electron chi connectivity index (χ4n) is 7.74. The number of Topliss-reactive ketones (excluding diaryl/α,β-unsaturated/α-hetero) is 1. The molecule has 182 valence electrons. The predicted molar refractivity (Wildman–Crippen MR) is 142 cm³/mol. The molecule has 1 fully saturated rings. The van der Waals surface area contributed by atoms with Gasteiger partial charge in [-0.15, -0.1) is 0 Å². The lowest BCUT2D eigenvalue weighted by atomic mass is 9.93. The van der Waals surface area contributed by atoms with Crippen molar-refractivity contribution in [2.24, 2.45) is 0 Å². The van der Waals surface area contributed by atoms with Crippen LogP contribution >= 0.6 is 0 Å². The minimum Gasteiger partial charge on any atom is -0.375 e. The fourth-order valence-corrected chi connectivity index (χ4v) is 7.74. The molecule has 0 radical (unpaired) electrons. The highest BCUT2D eigenvalue weighted by Gasteiger charge is 2.53. The average molecular weight is 480 g/mol. The smallest absolute Gasteiger partial charge is 0.173 e. The number of fused-ring (bicyclic) bond motifs is 13. The fraction of sp³-hybridized carbons (Fsp3) is 0.367. The largest absolute Gasteiger partial charge is 0.375 e. The van der Waals surface area contributed by atoms with E-state index in [2.05, 4.69) is 70.8 Å². The zero-order valence-electron chi connectivity index (χ0n) is 21.0. The molecular weight excluding hydrogens is 450 g/mol. The van der Waals surface area contributed by atoms with Gasteiger partial charge in [0.05, 0.1) is 22.1 Å². The summed E-state index contributed by atoms with van der Waals surface area (Å²) in [5.74, 6) is 0.255. The summed E-state index contributed by atoms with van der Waals surface area (Å²) in [7, 11) is 3.79. The van der Waals surface area contributed by atoms with Crippen LogP contribution in [0.25, 0.3) is 43.6 Å². The predicted octanol–water partition coefficient (Wildman–Crippen LogP) is 5.55. The van der Waals surface area contributed by atoms with Crippen molar-refractivity contribution in [3.8, 4) is 0 Å². The van der Waals surface area contributed by atoms with Gasteiger partial charge in [0.15, 0.2) is 11.5 Å². The van der Waals surface area contributed by atoms with E-state index in [1.165, 1.54) is 27.4 Å². The summed E-state index contributed by atoms with van der Waals surface area (Å²) in [6, 6.07) is 15.3. The number of aryl methyl sites for hydroxylation is 2. The van der Waals surface area contributed by atoms with Gasteiger partial charge >= 0.3 is 0 Å². The monoisotopic (exact) mass is 479 g/mol. The normalized spacial score (nSPS) is 27.1. The van der Waals surface area contributed by atoms with Crippen molar-refractivity contribution in [1.29, 1.82) is 0 Å². The van der Waals surface area contributed by atoms with Crippen LogP contribution in [0, 0.1) is 6.92 Å². The van der Waals surface area contributed by atoms with E-state index in [-0.39, 0.29) is 24.2 Å². The van der Waals surface area contributed by atoms with E-state index < -0.39 is 5.72 Å². The molecule has 2 aromatic heterocycles. The first-order chi connectivity index (χ1) is 17.5. The Kier molecular flexibility index (Phi) is 3.94. The maximum atomic E-state index is 13.5. The zero-order valence-corrected chi connectivity index (χ0v) is 21.0. The Morgan fingerprint density at radius 2 is 1.89 bits per heavy atom. The van der Waals surface area contributed by atoms with Crippen LogP contribution in [0.2, 0.25) is 0 Å². The van der Waals surface area contributed by atoms with Crippen LogP contribution in [0.3, 0.4) is 0 Å². The van der Waals surface area contributed by atoms with E-state index in [1.807, 2.05) is 7.05 Å². The molecule has 1 saturated heterocycles. The third kappa shape index (κ3) is 2.23. The molecule has 4 atom stereocenters. The molecule has 0 unspecified atom stereocenters. The summed E-state index contributed by atoms with van der Waals surface area (Å²) in [5, 5.41) is 8.16. The Hall–Kier alpha value is -3.19. The first kappa shape index (κ1) is 20.9. The molecule has 2 aliphatic heterocycles. The van der Waals surface area contributed by atoms with Gasteiger partial charge in [-0.3, -0.25) is 4.79 Å². The Morgan fingerprint density at radius 1 is 1.06 bits per heavy atom. The van der Waals surface area contributed by atoms with E-state index in [0.29, 0.717) is 6.42 Å². The van der Waals surface area contributed by atoms with Crippen molar-refractivity contribution < 1.29 is 14.3 Å². The number of carbonyl (C=O) groups is 1. The number of hydrogen-bond acceptors (Lipinski definition) is 4. The van der Waals surface area contributed by atoms with Crippen molar-refractivity contribution >= 4 is 49.4 Å². The Balaban J connectivity index is 1.72. The highest BCUT2D eigenvalue weighted by atomic mass is 16.6. The second-order valence-electron chi connectivity index (χ2n) is 10.9. The number of likely N-dealkylation sites (N-methyl/N-ethyl adjacent to an activating group) is 1. The number of nitrogens with zero attached hydrogens (tertiary/aromatic N) is 2. The number of ether oxygens (including phenoxy) is 2. The van der Waals surface area contributed by atoms with Crippen molar-refractivity contribution in [1.82, 2.24) is 14.5 Å². The molecule has 36 heavy (non-hydrogen) atoms. The lowest BCUT2D eigenvalue weighted by molar-refractivity contribution is -0.256. The van der Waals surface area contributed by atoms with Crippen LogP contribution in [-0.2, 0) is 21.6 Å². The number of methoxy groups -OCH3 is 1. The van der Waals surface area contributed by atoms with E-state index in [0.717, 1.165) is 45.7 Å². The van der Waals surface area contributed by atoms with Crippen molar-refractivity contribution in [3.63, 3.8) is 0 Å². The maximum absolute atomic E-state index is 13.5. The zero-order chi connectivity index (χ0) is 24.5. The lowest BCUT2D eigenvalue weighted by Crippen LogP contribution is -2.59. The molecule has 0 saturated carbocycles. The van der Waals surface area contributed by atoms with Crippen molar-refractivity contribution in [2.45, 2.75) is 57.2 Å². The van der Waals surface area contributed by atoms with Gasteiger partial charge in [0, 0.05) is 53.1 Å². The summed E-state index contributed by atoms with van der Waals surface area (Å²) >= 11 is 0. The van der Waals surface area contributed by atoms with Crippen LogP contribution < -0.4 is 5.32 Å². The van der Waals surface area contributed by atoms with E-state index >= 15 is 0 Å². The molecule has 6 nitrogen and oxygen atoms in total. The number of nitrogens with one attached hydrogen (secondary N) is 1. The second kappa shape index (κ2) is 6.76. The third-order valence-corrected chi connectivity index (χ3v) is 9.07. The molecule has 1 aliphatic carbocycles. The molecule has 0 amide bonds. The molecule has 8 rings (SSSR count). The summed E-state index contributed by atoms with van der Waals surface area (Å²) in [6.07, 6.45) is 1.73. The number of benzene rings is 3. The van der Waals surface area contributed by atoms with Gasteiger partial charge in [-0.2, -0.15) is 0 Å². The van der Waals surface area contributed by atoms with Crippen LogP contribution in [0.4, 0.5) is 0 Å². The first-order valence-corrected chi connectivity index (χ1v) is 12.9. The molecule has 2 bridgehead atoms. The van der Waals surface area contributed by atoms with Crippen LogP contribution in [0.5, 0.6) is 0 Å². The summed E-state index contributed by atoms with van der Waals surface area (Å²) in [4.78, 5) is 13.5. The van der Waals surface area contributed by atoms with Gasteiger partial charge in [0.25, 0.3) is 0 Å². The molecule has 0 spiro atoms. The number of rotatable bonds is 2. The minimum atomic E-state index is -0.746. The topological polar surface area (TPSA) is 57.4 Å². The lowest BCUT2D eigenvalue weighted by Gasteiger charge is -2.48. The number of carbonyl (C=O) groups excluding carboxylic acids is 1. The van der Waals surface area contributed by atoms with Crippen LogP contribution in [0.15, 0.2) is 42.5 Å².